The lowest BCUT2D eigenvalue weighted by atomic mass is 10.0. The van der Waals surface area contributed by atoms with Crippen LogP contribution < -0.4 is 10.1 Å². The van der Waals surface area contributed by atoms with E-state index in [1.165, 1.54) is 12.1 Å². The Balaban J connectivity index is 1.51. The van der Waals surface area contributed by atoms with Crippen LogP contribution in [0.15, 0.2) is 49.1 Å². The maximum Gasteiger partial charge on any atom is 0.260 e. The van der Waals surface area contributed by atoms with Gasteiger partial charge >= 0.3 is 0 Å². The Labute approximate surface area is 214 Å². The van der Waals surface area contributed by atoms with Crippen molar-refractivity contribution in [2.45, 2.75) is 26.4 Å². The van der Waals surface area contributed by atoms with E-state index >= 15 is 4.39 Å². The number of anilines is 1. The van der Waals surface area contributed by atoms with Crippen LogP contribution in [-0.2, 0) is 13.1 Å². The Hall–Kier alpha value is -4.12. The predicted octanol–water partition coefficient (Wildman–Crippen LogP) is 3.58. The fourth-order valence-corrected chi connectivity index (χ4v) is 4.20. The summed E-state index contributed by atoms with van der Waals surface area (Å²) in [4.78, 5) is 20.0. The molecule has 37 heavy (non-hydrogen) atoms. The third-order valence-corrected chi connectivity index (χ3v) is 6.25. The van der Waals surface area contributed by atoms with Crippen molar-refractivity contribution in [3.8, 4) is 28.4 Å². The number of nitrogens with one attached hydrogen (secondary N) is 1. The van der Waals surface area contributed by atoms with Gasteiger partial charge in [-0.15, -0.1) is 10.2 Å². The number of hydrogen-bond acceptors (Lipinski definition) is 7. The van der Waals surface area contributed by atoms with Gasteiger partial charge in [-0.05, 0) is 44.6 Å². The fraction of sp³-hybridized carbons (Fsp3) is 0.346. The average Bonchev–Trinajstić information content (AvgIpc) is 3.52. The summed E-state index contributed by atoms with van der Waals surface area (Å²) in [6, 6.07) is 8.10. The summed E-state index contributed by atoms with van der Waals surface area (Å²) in [7, 11) is 3.96. The smallest absolute Gasteiger partial charge is 0.260 e. The molecule has 0 aliphatic carbocycles. The molecule has 192 valence electrons. The summed E-state index contributed by atoms with van der Waals surface area (Å²) >= 11 is 0. The van der Waals surface area contributed by atoms with Crippen molar-refractivity contribution in [3.05, 3.63) is 60.4 Å². The first-order valence-corrected chi connectivity index (χ1v) is 12.2. The van der Waals surface area contributed by atoms with Crippen LogP contribution in [0.1, 0.15) is 23.7 Å². The monoisotopic (exact) mass is 504 g/mol. The van der Waals surface area contributed by atoms with Crippen molar-refractivity contribution in [3.63, 3.8) is 0 Å². The lowest BCUT2D eigenvalue weighted by Gasteiger charge is -2.18. The first-order chi connectivity index (χ1) is 17.9. The number of hydrogen-bond donors (Lipinski definition) is 1. The number of pyridine rings is 1. The van der Waals surface area contributed by atoms with E-state index in [2.05, 4.69) is 32.5 Å². The summed E-state index contributed by atoms with van der Waals surface area (Å²) in [5, 5.41) is 15.4. The van der Waals surface area contributed by atoms with Crippen LogP contribution in [0.2, 0.25) is 0 Å². The van der Waals surface area contributed by atoms with Crippen LogP contribution in [0.25, 0.3) is 22.6 Å². The third kappa shape index (κ3) is 5.51. The van der Waals surface area contributed by atoms with Gasteiger partial charge in [-0.2, -0.15) is 5.10 Å². The molecule has 11 heteroatoms. The SMILES string of the molecule is C[C@H]1CCOc2cc(F)c(-c3cnn(CCN(C)C)c3)cc2C(=O)Nc2cccc(n2)-c2nncn2C1. The number of halogens is 1. The Morgan fingerprint density at radius 3 is 2.95 bits per heavy atom. The quantitative estimate of drug-likeness (QED) is 0.453. The average molecular weight is 505 g/mol. The van der Waals surface area contributed by atoms with Crippen molar-refractivity contribution in [1.82, 2.24) is 34.4 Å². The van der Waals surface area contributed by atoms with Crippen LogP contribution in [0.5, 0.6) is 5.75 Å². The number of carbonyl (C=O) groups excluding carboxylic acids is 1. The summed E-state index contributed by atoms with van der Waals surface area (Å²) in [6.07, 6.45) is 5.73. The van der Waals surface area contributed by atoms with E-state index in [0.717, 1.165) is 6.54 Å². The van der Waals surface area contributed by atoms with Crippen molar-refractivity contribution in [2.24, 2.45) is 5.92 Å². The van der Waals surface area contributed by atoms with Crippen molar-refractivity contribution < 1.29 is 13.9 Å². The lowest BCUT2D eigenvalue weighted by molar-refractivity contribution is 0.102. The molecule has 0 saturated heterocycles. The van der Waals surface area contributed by atoms with E-state index in [0.29, 0.717) is 49.0 Å². The molecular weight excluding hydrogens is 475 g/mol. The van der Waals surface area contributed by atoms with Crippen LogP contribution in [-0.4, -0.2) is 67.6 Å². The molecule has 1 aliphatic heterocycles. The molecule has 2 bridgehead atoms. The van der Waals surface area contributed by atoms with E-state index in [-0.39, 0.29) is 22.8 Å². The highest BCUT2D eigenvalue weighted by Crippen LogP contribution is 2.31. The Morgan fingerprint density at radius 2 is 2.11 bits per heavy atom. The van der Waals surface area contributed by atoms with Crippen molar-refractivity contribution in [2.75, 3.05) is 32.6 Å². The van der Waals surface area contributed by atoms with Gasteiger partial charge in [0.05, 0.1) is 24.9 Å². The molecule has 10 nitrogen and oxygen atoms in total. The third-order valence-electron chi connectivity index (χ3n) is 6.25. The standard InChI is InChI=1S/C26H29FN8O2/c1-17-7-10-37-23-12-21(27)19(18-13-29-35(15-18)9-8-33(2)3)11-20(23)26(36)31-24-6-4-5-22(30-24)25-32-28-16-34(25)14-17/h4-6,11-13,15-17H,7-10,14H2,1-3H3,(H,30,31,36)/t17-/m0/s1. The van der Waals surface area contributed by atoms with Crippen molar-refractivity contribution >= 4 is 11.7 Å². The Morgan fingerprint density at radius 1 is 1.24 bits per heavy atom. The number of fused-ring (bicyclic) bond motifs is 5. The van der Waals surface area contributed by atoms with Crippen LogP contribution >= 0.6 is 0 Å². The maximum atomic E-state index is 15.3. The number of carbonyl (C=O) groups is 1. The molecule has 0 spiro atoms. The lowest BCUT2D eigenvalue weighted by Crippen LogP contribution is -2.18. The zero-order valence-corrected chi connectivity index (χ0v) is 21.1. The minimum Gasteiger partial charge on any atom is -0.493 e. The fourth-order valence-electron chi connectivity index (χ4n) is 4.20. The van der Waals surface area contributed by atoms with E-state index < -0.39 is 11.7 Å². The summed E-state index contributed by atoms with van der Waals surface area (Å²) in [5.41, 5.74) is 1.68. The van der Waals surface area contributed by atoms with Gasteiger partial charge in [0.25, 0.3) is 5.91 Å². The van der Waals surface area contributed by atoms with Crippen LogP contribution in [0.4, 0.5) is 10.2 Å². The van der Waals surface area contributed by atoms with Gasteiger partial charge in [0.15, 0.2) is 5.82 Å². The maximum absolute atomic E-state index is 15.3. The van der Waals surface area contributed by atoms with Gasteiger partial charge in [0, 0.05) is 36.5 Å². The number of likely N-dealkylation sites (N-methyl/N-ethyl adjacent to an activating group) is 1. The van der Waals surface area contributed by atoms with E-state index in [1.807, 2.05) is 29.6 Å². The first kappa shape index (κ1) is 24.6. The Bertz CT molecular complexity index is 1410. The molecule has 0 radical (unpaired) electrons. The topological polar surface area (TPSA) is 103 Å². The summed E-state index contributed by atoms with van der Waals surface area (Å²) < 4.78 is 24.9. The molecule has 3 aromatic heterocycles. The van der Waals surface area contributed by atoms with Crippen LogP contribution in [0, 0.1) is 11.7 Å². The normalized spacial score (nSPS) is 15.9. The minimum absolute atomic E-state index is 0.184. The first-order valence-electron chi connectivity index (χ1n) is 12.2. The molecule has 1 N–H and O–H groups in total. The molecule has 4 aromatic rings. The number of amides is 1. The number of benzene rings is 1. The van der Waals surface area contributed by atoms with E-state index in [9.17, 15) is 4.79 Å². The molecule has 0 saturated carbocycles. The van der Waals surface area contributed by atoms with Gasteiger partial charge < -0.3 is 19.5 Å². The highest BCUT2D eigenvalue weighted by molar-refractivity contribution is 6.06. The van der Waals surface area contributed by atoms with Gasteiger partial charge in [0.1, 0.15) is 29.4 Å². The molecule has 1 aromatic carbocycles. The van der Waals surface area contributed by atoms with Gasteiger partial charge in [-0.25, -0.2) is 9.37 Å². The molecule has 1 atom stereocenters. The number of rotatable bonds is 4. The number of aromatic nitrogens is 6. The number of nitrogens with zero attached hydrogens (tertiary/aromatic N) is 7. The largest absolute Gasteiger partial charge is 0.493 e. The molecule has 4 heterocycles. The molecule has 0 fully saturated rings. The summed E-state index contributed by atoms with van der Waals surface area (Å²) in [5.74, 6) is 0.432. The predicted molar refractivity (Wildman–Crippen MR) is 137 cm³/mol. The molecule has 1 aliphatic rings. The second-order valence-electron chi connectivity index (χ2n) is 9.53. The van der Waals surface area contributed by atoms with Gasteiger partial charge in [-0.1, -0.05) is 13.0 Å². The second kappa shape index (κ2) is 10.5. The minimum atomic E-state index is -0.484. The van der Waals surface area contributed by atoms with Gasteiger partial charge in [-0.3, -0.25) is 9.48 Å². The summed E-state index contributed by atoms with van der Waals surface area (Å²) in [6.45, 7) is 4.54. The molecule has 0 unspecified atom stereocenters. The van der Waals surface area contributed by atoms with Crippen LogP contribution in [0.3, 0.4) is 0 Å². The van der Waals surface area contributed by atoms with Gasteiger partial charge in [0.2, 0.25) is 0 Å². The second-order valence-corrected chi connectivity index (χ2v) is 9.53. The Kier molecular flexibility index (Phi) is 6.95. The van der Waals surface area contributed by atoms with E-state index in [4.69, 9.17) is 4.74 Å². The van der Waals surface area contributed by atoms with Crippen molar-refractivity contribution in [1.29, 1.82) is 0 Å². The molecular formula is C26H29FN8O2. The highest BCUT2D eigenvalue weighted by atomic mass is 19.1. The van der Waals surface area contributed by atoms with E-state index in [1.54, 1.807) is 35.5 Å². The molecule has 5 rings (SSSR count). The zero-order valence-electron chi connectivity index (χ0n) is 21.1. The molecule has 1 amide bonds. The highest BCUT2D eigenvalue weighted by Gasteiger charge is 2.21. The number of ether oxygens (including phenoxy) is 1. The zero-order chi connectivity index (χ0) is 25.9.